The van der Waals surface area contributed by atoms with Gasteiger partial charge in [-0.25, -0.2) is 10.0 Å². The molecule has 1 atom stereocenters. The van der Waals surface area contributed by atoms with E-state index in [-0.39, 0.29) is 22.4 Å². The minimum absolute atomic E-state index is 0.0548. The number of aryl methyl sites for hydroxylation is 2. The standard InChI is InChI=1S/C25H21NO7/c1-14-23-21(27)12-18(16-6-10-20(31-3)11-7-16)13-22(24(23)15(2)32-14)33-25(28)17-4-8-19(9-5-17)26(29)30/h4-13,26,29H,1-3H3. The molecule has 0 spiro atoms. The number of carbonyl (C=O) groups is 1. The van der Waals surface area contributed by atoms with Crippen LogP contribution in [0, 0.1) is 19.1 Å². The van der Waals surface area contributed by atoms with Gasteiger partial charge in [-0.2, -0.15) is 5.23 Å². The average Bonchev–Trinajstić information content (AvgIpc) is 3.02. The number of carbonyl (C=O) groups excluding carboxylic acids is 1. The van der Waals surface area contributed by atoms with Crippen molar-refractivity contribution in [2.45, 2.75) is 13.8 Å². The highest BCUT2D eigenvalue weighted by atomic mass is 16.8. The fraction of sp³-hybridized carbons (Fsp3) is 0.120. The van der Waals surface area contributed by atoms with E-state index in [9.17, 15) is 14.8 Å². The highest BCUT2D eigenvalue weighted by molar-refractivity contribution is 5.97. The molecule has 0 aliphatic heterocycles. The maximum Gasteiger partial charge on any atom is 0.343 e. The number of rotatable bonds is 5. The van der Waals surface area contributed by atoms with Gasteiger partial charge in [-0.05, 0) is 61.4 Å². The Morgan fingerprint density at radius 3 is 2.18 bits per heavy atom. The number of nitrogens with one attached hydrogen (secondary N) is 1. The van der Waals surface area contributed by atoms with Crippen LogP contribution in [0.5, 0.6) is 11.5 Å². The SMILES string of the molecule is COc1ccc(-c2cc(OC(=O)c3ccc([NH+]([O-])O)cc3)c3c(C)oc(C)c3c(=O)c2)cc1. The predicted molar refractivity (Wildman–Crippen MR) is 121 cm³/mol. The summed E-state index contributed by atoms with van der Waals surface area (Å²) in [5, 5.41) is 19.8. The molecule has 2 N–H and O–H groups in total. The van der Waals surface area contributed by atoms with Crippen LogP contribution in [0.4, 0.5) is 5.69 Å². The van der Waals surface area contributed by atoms with Crippen molar-refractivity contribution >= 4 is 22.4 Å². The van der Waals surface area contributed by atoms with E-state index in [1.165, 1.54) is 30.3 Å². The molecule has 0 amide bonds. The molecule has 1 unspecified atom stereocenters. The Bertz CT molecular complexity index is 1390. The fourth-order valence-corrected chi connectivity index (χ4v) is 3.68. The van der Waals surface area contributed by atoms with Crippen molar-refractivity contribution in [2.24, 2.45) is 0 Å². The van der Waals surface area contributed by atoms with Crippen LogP contribution in [0.1, 0.15) is 21.9 Å². The van der Waals surface area contributed by atoms with E-state index in [0.717, 1.165) is 5.56 Å². The second-order valence-corrected chi connectivity index (χ2v) is 7.44. The molecule has 1 heterocycles. The lowest BCUT2D eigenvalue weighted by Crippen LogP contribution is -2.99. The monoisotopic (exact) mass is 447 g/mol. The molecule has 0 radical (unpaired) electrons. The first kappa shape index (κ1) is 22.2. The first-order chi connectivity index (χ1) is 15.8. The lowest BCUT2D eigenvalue weighted by atomic mass is 10.1. The molecule has 168 valence electrons. The van der Waals surface area contributed by atoms with Crippen molar-refractivity contribution in [3.05, 3.63) is 93.2 Å². The van der Waals surface area contributed by atoms with Crippen LogP contribution in [0.25, 0.3) is 21.9 Å². The summed E-state index contributed by atoms with van der Waals surface area (Å²) < 4.78 is 16.6. The average molecular weight is 447 g/mol. The maximum absolute atomic E-state index is 13.1. The molecule has 0 saturated carbocycles. The highest BCUT2D eigenvalue weighted by Crippen LogP contribution is 2.34. The third-order valence-corrected chi connectivity index (χ3v) is 5.32. The van der Waals surface area contributed by atoms with Gasteiger partial charge in [0.05, 0.1) is 23.4 Å². The van der Waals surface area contributed by atoms with Crippen LogP contribution in [0.2, 0.25) is 0 Å². The summed E-state index contributed by atoms with van der Waals surface area (Å²) in [4.78, 5) is 25.9. The van der Waals surface area contributed by atoms with Crippen LogP contribution in [-0.4, -0.2) is 18.3 Å². The Morgan fingerprint density at radius 1 is 0.939 bits per heavy atom. The number of ether oxygens (including phenoxy) is 2. The molecule has 8 nitrogen and oxygen atoms in total. The molecule has 0 saturated heterocycles. The van der Waals surface area contributed by atoms with Crippen LogP contribution < -0.4 is 20.1 Å². The molecule has 0 aliphatic rings. The van der Waals surface area contributed by atoms with E-state index in [2.05, 4.69) is 0 Å². The van der Waals surface area contributed by atoms with Gasteiger partial charge in [0.1, 0.15) is 23.0 Å². The largest absolute Gasteiger partial charge is 0.595 e. The van der Waals surface area contributed by atoms with Crippen LogP contribution in [0.15, 0.2) is 69.9 Å². The molecule has 0 aliphatic carbocycles. The van der Waals surface area contributed by atoms with Crippen molar-refractivity contribution < 1.29 is 29.1 Å². The normalized spacial score (nSPS) is 11.9. The summed E-state index contributed by atoms with van der Waals surface area (Å²) in [6, 6.07) is 15.7. The van der Waals surface area contributed by atoms with E-state index in [1.807, 2.05) is 0 Å². The minimum Gasteiger partial charge on any atom is -0.595 e. The highest BCUT2D eigenvalue weighted by Gasteiger charge is 2.19. The second kappa shape index (κ2) is 8.87. The lowest BCUT2D eigenvalue weighted by Gasteiger charge is -2.11. The Kier molecular flexibility index (Phi) is 5.97. The Labute approximate surface area is 188 Å². The van der Waals surface area contributed by atoms with Gasteiger partial charge < -0.3 is 19.1 Å². The zero-order valence-electron chi connectivity index (χ0n) is 18.2. The number of benzene rings is 2. The number of furan rings is 1. The fourth-order valence-electron chi connectivity index (χ4n) is 3.68. The number of esters is 1. The van der Waals surface area contributed by atoms with E-state index in [4.69, 9.17) is 19.1 Å². The molecule has 3 aromatic carbocycles. The molecular formula is C25H21NO7. The van der Waals surface area contributed by atoms with E-state index in [1.54, 1.807) is 51.3 Å². The first-order valence-corrected chi connectivity index (χ1v) is 10.1. The number of hydrogen-bond donors (Lipinski definition) is 2. The number of methoxy groups -OCH3 is 1. The summed E-state index contributed by atoms with van der Waals surface area (Å²) in [7, 11) is 1.57. The van der Waals surface area contributed by atoms with Crippen molar-refractivity contribution in [3.8, 4) is 22.6 Å². The molecule has 4 aromatic rings. The minimum atomic E-state index is -1.09. The summed E-state index contributed by atoms with van der Waals surface area (Å²) in [6.07, 6.45) is 0. The molecule has 1 aromatic heterocycles. The summed E-state index contributed by atoms with van der Waals surface area (Å²) in [6.45, 7) is 3.38. The third-order valence-electron chi connectivity index (χ3n) is 5.32. The summed E-state index contributed by atoms with van der Waals surface area (Å²) >= 11 is 0. The number of hydrogen-bond acceptors (Lipinski definition) is 7. The van der Waals surface area contributed by atoms with Gasteiger partial charge in [-0.15, -0.1) is 0 Å². The molecule has 0 bridgehead atoms. The summed E-state index contributed by atoms with van der Waals surface area (Å²) in [5.41, 5.74) is 1.26. The molecule has 4 rings (SSSR count). The van der Waals surface area contributed by atoms with Crippen molar-refractivity contribution in [3.63, 3.8) is 0 Å². The number of quaternary nitrogens is 1. The van der Waals surface area contributed by atoms with Crippen molar-refractivity contribution in [1.29, 1.82) is 0 Å². The van der Waals surface area contributed by atoms with E-state index >= 15 is 0 Å². The van der Waals surface area contributed by atoms with Gasteiger partial charge in [0.2, 0.25) is 0 Å². The van der Waals surface area contributed by atoms with Crippen LogP contribution in [-0.2, 0) is 0 Å². The zero-order chi connectivity index (χ0) is 23.7. The lowest BCUT2D eigenvalue weighted by molar-refractivity contribution is -0.991. The van der Waals surface area contributed by atoms with Crippen molar-refractivity contribution in [1.82, 2.24) is 0 Å². The summed E-state index contributed by atoms with van der Waals surface area (Å²) in [5.74, 6) is 1.01. The molecule has 0 fully saturated rings. The van der Waals surface area contributed by atoms with Gasteiger partial charge in [-0.1, -0.05) is 12.1 Å². The van der Waals surface area contributed by atoms with Crippen LogP contribution >= 0.6 is 0 Å². The Balaban J connectivity index is 1.85. The number of fused-ring (bicyclic) bond motifs is 1. The quantitative estimate of drug-likeness (QED) is 0.354. The smallest absolute Gasteiger partial charge is 0.343 e. The molecule has 8 heteroatoms. The predicted octanol–water partition coefficient (Wildman–Crippen LogP) is 3.71. The molecular weight excluding hydrogens is 426 g/mol. The van der Waals surface area contributed by atoms with Gasteiger partial charge >= 0.3 is 5.97 Å². The first-order valence-electron chi connectivity index (χ1n) is 10.1. The van der Waals surface area contributed by atoms with Gasteiger partial charge in [0.15, 0.2) is 11.1 Å². The topological polar surface area (TPSA) is 113 Å². The van der Waals surface area contributed by atoms with Gasteiger partial charge in [0.25, 0.3) is 0 Å². The molecule has 33 heavy (non-hydrogen) atoms. The Hall–Kier alpha value is -3.98. The van der Waals surface area contributed by atoms with Gasteiger partial charge in [0, 0.05) is 12.1 Å². The van der Waals surface area contributed by atoms with E-state index in [0.29, 0.717) is 33.6 Å². The maximum atomic E-state index is 13.1. The van der Waals surface area contributed by atoms with Crippen molar-refractivity contribution in [2.75, 3.05) is 7.11 Å². The van der Waals surface area contributed by atoms with E-state index < -0.39 is 11.2 Å². The Morgan fingerprint density at radius 2 is 1.58 bits per heavy atom. The third kappa shape index (κ3) is 4.35. The zero-order valence-corrected chi connectivity index (χ0v) is 18.2. The second-order valence-electron chi connectivity index (χ2n) is 7.44. The van der Waals surface area contributed by atoms with Crippen LogP contribution in [0.3, 0.4) is 0 Å². The van der Waals surface area contributed by atoms with Gasteiger partial charge in [-0.3, -0.25) is 4.79 Å².